The van der Waals surface area contributed by atoms with E-state index in [0.717, 1.165) is 16.6 Å². The first-order chi connectivity index (χ1) is 9.90. The number of carbonyl (C=O) groups excluding carboxylic acids is 1. The number of rotatable bonds is 1. The lowest BCUT2D eigenvalue weighted by atomic mass is 10.1. The van der Waals surface area contributed by atoms with Gasteiger partial charge in [0.05, 0.1) is 23.6 Å². The summed E-state index contributed by atoms with van der Waals surface area (Å²) < 4.78 is 0. The van der Waals surface area contributed by atoms with Gasteiger partial charge in [-0.15, -0.1) is 16.4 Å². The Balaban J connectivity index is 2.03. The Morgan fingerprint density at radius 2 is 1.90 bits per heavy atom. The number of hydrogen-bond acceptors (Lipinski definition) is 7. The molecule has 4 N–H and O–H groups in total. The highest BCUT2D eigenvalue weighted by Gasteiger charge is 2.34. The van der Waals surface area contributed by atoms with Gasteiger partial charge in [0.25, 0.3) is 5.91 Å². The van der Waals surface area contributed by atoms with Gasteiger partial charge in [0.2, 0.25) is 0 Å². The Bertz CT molecular complexity index is 720. The SMILES string of the molecule is Cc1nnc2sc(C(=O)N3CC(O)C(O)C3)c(N)c2c1C. The molecule has 112 valence electrons. The molecule has 2 aromatic rings. The van der Waals surface area contributed by atoms with E-state index >= 15 is 0 Å². The first-order valence-electron chi connectivity index (χ1n) is 6.57. The molecular formula is C13H16N4O3S. The van der Waals surface area contributed by atoms with Crippen molar-refractivity contribution < 1.29 is 15.0 Å². The highest BCUT2D eigenvalue weighted by atomic mass is 32.1. The van der Waals surface area contributed by atoms with Gasteiger partial charge < -0.3 is 20.8 Å². The third kappa shape index (κ3) is 2.15. The zero-order chi connectivity index (χ0) is 15.3. The van der Waals surface area contributed by atoms with Crippen LogP contribution >= 0.6 is 11.3 Å². The monoisotopic (exact) mass is 308 g/mol. The second-order valence-corrected chi connectivity index (χ2v) is 6.28. The summed E-state index contributed by atoms with van der Waals surface area (Å²) in [6, 6.07) is 0. The molecular weight excluding hydrogens is 292 g/mol. The summed E-state index contributed by atoms with van der Waals surface area (Å²) >= 11 is 1.19. The van der Waals surface area contributed by atoms with Crippen LogP contribution in [0.5, 0.6) is 0 Å². The highest BCUT2D eigenvalue weighted by Crippen LogP contribution is 2.36. The zero-order valence-corrected chi connectivity index (χ0v) is 12.5. The molecule has 1 saturated heterocycles. The van der Waals surface area contributed by atoms with E-state index in [1.165, 1.54) is 16.2 Å². The zero-order valence-electron chi connectivity index (χ0n) is 11.7. The van der Waals surface area contributed by atoms with Gasteiger partial charge in [-0.3, -0.25) is 4.79 Å². The number of aliphatic hydroxyl groups excluding tert-OH is 2. The fraction of sp³-hybridized carbons (Fsp3) is 0.462. The molecule has 1 amide bonds. The van der Waals surface area contributed by atoms with E-state index in [0.29, 0.717) is 15.4 Å². The van der Waals surface area contributed by atoms with Crippen molar-refractivity contribution in [3.8, 4) is 0 Å². The molecule has 3 heterocycles. The number of nitrogen functional groups attached to an aromatic ring is 1. The minimum atomic E-state index is -0.909. The average Bonchev–Trinajstić information content (AvgIpc) is 2.95. The standard InChI is InChI=1S/C13H16N4O3S/c1-5-6(2)15-16-12-9(5)10(14)11(21-12)13(20)17-3-7(18)8(19)4-17/h7-8,18-19H,3-4,14H2,1-2H3. The molecule has 8 heteroatoms. The van der Waals surface area contributed by atoms with Crippen molar-refractivity contribution in [2.24, 2.45) is 0 Å². The Morgan fingerprint density at radius 1 is 1.29 bits per heavy atom. The second-order valence-electron chi connectivity index (χ2n) is 5.28. The first-order valence-corrected chi connectivity index (χ1v) is 7.39. The van der Waals surface area contributed by atoms with Crippen LogP contribution in [-0.4, -0.2) is 56.5 Å². The average molecular weight is 308 g/mol. The Morgan fingerprint density at radius 3 is 2.52 bits per heavy atom. The molecule has 0 bridgehead atoms. The van der Waals surface area contributed by atoms with Gasteiger partial charge in [0.15, 0.2) is 0 Å². The van der Waals surface area contributed by atoms with Gasteiger partial charge >= 0.3 is 0 Å². The van der Waals surface area contributed by atoms with E-state index in [4.69, 9.17) is 5.73 Å². The second kappa shape index (κ2) is 4.90. The van der Waals surface area contributed by atoms with Crippen molar-refractivity contribution in [3.63, 3.8) is 0 Å². The fourth-order valence-electron chi connectivity index (χ4n) is 2.48. The lowest BCUT2D eigenvalue weighted by Crippen LogP contribution is -2.29. The minimum absolute atomic E-state index is 0.109. The molecule has 3 rings (SSSR count). The summed E-state index contributed by atoms with van der Waals surface area (Å²) in [4.78, 5) is 14.9. The van der Waals surface area contributed by atoms with Gasteiger partial charge in [-0.1, -0.05) is 0 Å². The predicted molar refractivity (Wildman–Crippen MR) is 79.2 cm³/mol. The topological polar surface area (TPSA) is 113 Å². The number of aliphatic hydroxyl groups is 2. The van der Waals surface area contributed by atoms with Crippen molar-refractivity contribution in [2.45, 2.75) is 26.1 Å². The number of thiophene rings is 1. The third-order valence-corrected chi connectivity index (χ3v) is 4.95. The molecule has 1 aliphatic heterocycles. The van der Waals surface area contributed by atoms with Crippen molar-refractivity contribution in [2.75, 3.05) is 18.8 Å². The summed E-state index contributed by atoms with van der Waals surface area (Å²) in [5.74, 6) is -0.289. The van der Waals surface area contributed by atoms with Gasteiger partial charge in [-0.25, -0.2) is 0 Å². The number of aromatic nitrogens is 2. The quantitative estimate of drug-likeness (QED) is 0.687. The molecule has 0 aromatic carbocycles. The van der Waals surface area contributed by atoms with Crippen LogP contribution in [0.25, 0.3) is 10.2 Å². The summed E-state index contributed by atoms with van der Waals surface area (Å²) in [5, 5.41) is 28.0. The lowest BCUT2D eigenvalue weighted by Gasteiger charge is -2.14. The van der Waals surface area contributed by atoms with Crippen molar-refractivity contribution in [3.05, 3.63) is 16.1 Å². The molecule has 0 radical (unpaired) electrons. The number of fused-ring (bicyclic) bond motifs is 1. The van der Waals surface area contributed by atoms with Crippen LogP contribution in [0.4, 0.5) is 5.69 Å². The Kier molecular flexibility index (Phi) is 3.31. The molecule has 1 aliphatic rings. The summed E-state index contributed by atoms with van der Waals surface area (Å²) in [7, 11) is 0. The van der Waals surface area contributed by atoms with E-state index in [-0.39, 0.29) is 19.0 Å². The first kappa shape index (κ1) is 14.2. The lowest BCUT2D eigenvalue weighted by molar-refractivity contribution is 0.0572. The Hall–Kier alpha value is -1.77. The molecule has 2 unspecified atom stereocenters. The van der Waals surface area contributed by atoms with Gasteiger partial charge in [0, 0.05) is 18.5 Å². The molecule has 7 nitrogen and oxygen atoms in total. The van der Waals surface area contributed by atoms with Gasteiger partial charge in [-0.2, -0.15) is 5.10 Å². The smallest absolute Gasteiger partial charge is 0.266 e. The highest BCUT2D eigenvalue weighted by molar-refractivity contribution is 7.21. The summed E-state index contributed by atoms with van der Waals surface area (Å²) in [6.45, 7) is 3.95. The van der Waals surface area contributed by atoms with Crippen LogP contribution in [0.2, 0.25) is 0 Å². The van der Waals surface area contributed by atoms with Gasteiger partial charge in [0.1, 0.15) is 9.71 Å². The maximum Gasteiger partial charge on any atom is 0.266 e. The van der Waals surface area contributed by atoms with Crippen molar-refractivity contribution in [1.29, 1.82) is 0 Å². The molecule has 21 heavy (non-hydrogen) atoms. The minimum Gasteiger partial charge on any atom is -0.397 e. The van der Waals surface area contributed by atoms with E-state index in [2.05, 4.69) is 10.2 Å². The van der Waals surface area contributed by atoms with Crippen LogP contribution in [0.1, 0.15) is 20.9 Å². The number of anilines is 1. The number of aryl methyl sites for hydroxylation is 2. The molecule has 1 fully saturated rings. The van der Waals surface area contributed by atoms with E-state index in [1.54, 1.807) is 0 Å². The maximum atomic E-state index is 12.5. The molecule has 2 aromatic heterocycles. The number of hydrogen-bond donors (Lipinski definition) is 3. The Labute approximate surface area is 125 Å². The summed E-state index contributed by atoms with van der Waals surface area (Å²) in [6.07, 6.45) is -1.82. The number of carbonyl (C=O) groups is 1. The number of amides is 1. The molecule has 0 spiro atoms. The van der Waals surface area contributed by atoms with E-state index < -0.39 is 12.2 Å². The van der Waals surface area contributed by atoms with Crippen LogP contribution in [-0.2, 0) is 0 Å². The predicted octanol–water partition coefficient (Wildman–Crippen LogP) is 0.0679. The maximum absolute atomic E-state index is 12.5. The normalized spacial score (nSPS) is 22.2. The van der Waals surface area contributed by atoms with Crippen molar-refractivity contribution in [1.82, 2.24) is 15.1 Å². The number of nitrogens with zero attached hydrogens (tertiary/aromatic N) is 3. The van der Waals surface area contributed by atoms with Crippen LogP contribution in [0, 0.1) is 13.8 Å². The fourth-order valence-corrected chi connectivity index (χ4v) is 3.55. The number of β-amino-alcohol motifs (C(OH)–C–C–N with tert-alkyl or cyclic N) is 2. The van der Waals surface area contributed by atoms with E-state index in [1.807, 2.05) is 13.8 Å². The summed E-state index contributed by atoms with van der Waals surface area (Å²) in [5.41, 5.74) is 8.20. The van der Waals surface area contributed by atoms with Crippen LogP contribution in [0.3, 0.4) is 0 Å². The number of nitrogens with two attached hydrogens (primary N) is 1. The largest absolute Gasteiger partial charge is 0.397 e. The van der Waals surface area contributed by atoms with Crippen LogP contribution in [0.15, 0.2) is 0 Å². The molecule has 0 saturated carbocycles. The van der Waals surface area contributed by atoms with E-state index in [9.17, 15) is 15.0 Å². The van der Waals surface area contributed by atoms with Crippen LogP contribution < -0.4 is 5.73 Å². The number of likely N-dealkylation sites (tertiary alicyclic amines) is 1. The molecule has 2 atom stereocenters. The molecule has 0 aliphatic carbocycles. The third-order valence-electron chi connectivity index (χ3n) is 3.88. The van der Waals surface area contributed by atoms with Gasteiger partial charge in [-0.05, 0) is 19.4 Å². The van der Waals surface area contributed by atoms with Crippen molar-refractivity contribution >= 4 is 33.1 Å².